The SMILES string of the molecule is COCC(NC(=O)NC1CC1(C)C)C(=O)O. The summed E-state index contributed by atoms with van der Waals surface area (Å²) in [7, 11) is 1.39. The van der Waals surface area contributed by atoms with Crippen molar-refractivity contribution in [3.05, 3.63) is 0 Å². The third-order valence-electron chi connectivity index (χ3n) is 2.76. The monoisotopic (exact) mass is 230 g/mol. The number of carbonyl (C=O) groups excluding carboxylic acids is 1. The molecule has 0 bridgehead atoms. The minimum absolute atomic E-state index is 0.0448. The molecule has 3 N–H and O–H groups in total. The normalized spacial score (nSPS) is 23.3. The molecule has 1 saturated carbocycles. The quantitative estimate of drug-likeness (QED) is 0.629. The largest absolute Gasteiger partial charge is 0.480 e. The van der Waals surface area contributed by atoms with Crippen molar-refractivity contribution < 1.29 is 19.4 Å². The van der Waals surface area contributed by atoms with Crippen LogP contribution in [0.5, 0.6) is 0 Å². The number of methoxy groups -OCH3 is 1. The highest BCUT2D eigenvalue weighted by molar-refractivity contribution is 5.82. The van der Waals surface area contributed by atoms with Crippen LogP contribution in [-0.4, -0.2) is 42.9 Å². The second-order valence-electron chi connectivity index (χ2n) is 4.71. The van der Waals surface area contributed by atoms with E-state index in [1.165, 1.54) is 7.11 Å². The van der Waals surface area contributed by atoms with Crippen molar-refractivity contribution >= 4 is 12.0 Å². The standard InChI is InChI=1S/C10H18N2O4/c1-10(2)4-7(10)12-9(15)11-6(5-16-3)8(13)14/h6-7H,4-5H2,1-3H3,(H,13,14)(H2,11,12,15). The summed E-state index contributed by atoms with van der Waals surface area (Å²) < 4.78 is 4.70. The van der Waals surface area contributed by atoms with E-state index >= 15 is 0 Å². The summed E-state index contributed by atoms with van der Waals surface area (Å²) >= 11 is 0. The smallest absolute Gasteiger partial charge is 0.328 e. The van der Waals surface area contributed by atoms with Gasteiger partial charge in [-0.1, -0.05) is 13.8 Å². The number of urea groups is 1. The Kier molecular flexibility index (Phi) is 3.74. The van der Waals surface area contributed by atoms with E-state index in [-0.39, 0.29) is 18.1 Å². The van der Waals surface area contributed by atoms with Crippen molar-refractivity contribution in [1.82, 2.24) is 10.6 Å². The van der Waals surface area contributed by atoms with E-state index in [1.54, 1.807) is 0 Å². The van der Waals surface area contributed by atoms with Gasteiger partial charge in [-0.25, -0.2) is 9.59 Å². The highest BCUT2D eigenvalue weighted by Gasteiger charge is 2.46. The molecule has 0 spiro atoms. The molecule has 0 aromatic carbocycles. The van der Waals surface area contributed by atoms with Crippen molar-refractivity contribution in [2.75, 3.05) is 13.7 Å². The number of nitrogens with one attached hydrogen (secondary N) is 2. The highest BCUT2D eigenvalue weighted by Crippen LogP contribution is 2.44. The molecule has 92 valence electrons. The molecule has 0 aliphatic heterocycles. The van der Waals surface area contributed by atoms with Crippen LogP contribution in [0.15, 0.2) is 0 Å². The van der Waals surface area contributed by atoms with Gasteiger partial charge in [0.25, 0.3) is 0 Å². The lowest BCUT2D eigenvalue weighted by atomic mass is 10.2. The Hall–Kier alpha value is -1.30. The number of carboxylic acids is 1. The van der Waals surface area contributed by atoms with Crippen LogP contribution in [0.4, 0.5) is 4.79 Å². The second-order valence-corrected chi connectivity index (χ2v) is 4.71. The van der Waals surface area contributed by atoms with Crippen LogP contribution in [0.3, 0.4) is 0 Å². The fourth-order valence-electron chi connectivity index (χ4n) is 1.41. The van der Waals surface area contributed by atoms with Gasteiger partial charge in [-0.15, -0.1) is 0 Å². The lowest BCUT2D eigenvalue weighted by molar-refractivity contribution is -0.140. The summed E-state index contributed by atoms with van der Waals surface area (Å²) in [6.07, 6.45) is 0.919. The lowest BCUT2D eigenvalue weighted by Crippen LogP contribution is -2.49. The maximum atomic E-state index is 11.4. The van der Waals surface area contributed by atoms with Crippen LogP contribution in [0.2, 0.25) is 0 Å². The summed E-state index contributed by atoms with van der Waals surface area (Å²) in [6.45, 7) is 4.04. The topological polar surface area (TPSA) is 87.7 Å². The fourth-order valence-corrected chi connectivity index (χ4v) is 1.41. The maximum Gasteiger partial charge on any atom is 0.328 e. The van der Waals surface area contributed by atoms with Crippen molar-refractivity contribution in [2.45, 2.75) is 32.4 Å². The van der Waals surface area contributed by atoms with Gasteiger partial charge in [0.2, 0.25) is 0 Å². The summed E-state index contributed by atoms with van der Waals surface area (Å²) in [5, 5.41) is 13.9. The van der Waals surface area contributed by atoms with Crippen LogP contribution < -0.4 is 10.6 Å². The molecule has 0 aromatic heterocycles. The van der Waals surface area contributed by atoms with Gasteiger partial charge in [-0.3, -0.25) is 0 Å². The molecule has 1 fully saturated rings. The van der Waals surface area contributed by atoms with E-state index in [9.17, 15) is 9.59 Å². The molecule has 6 heteroatoms. The van der Waals surface area contributed by atoms with Gasteiger partial charge in [0.15, 0.2) is 6.04 Å². The molecule has 0 aromatic rings. The van der Waals surface area contributed by atoms with Crippen LogP contribution in [0, 0.1) is 5.41 Å². The summed E-state index contributed by atoms with van der Waals surface area (Å²) in [5.74, 6) is -1.10. The molecule has 2 amide bonds. The van der Waals surface area contributed by atoms with Gasteiger partial charge in [0.1, 0.15) is 0 Å². The third-order valence-corrected chi connectivity index (χ3v) is 2.76. The fraction of sp³-hybridized carbons (Fsp3) is 0.800. The number of rotatable bonds is 5. The maximum absolute atomic E-state index is 11.4. The zero-order chi connectivity index (χ0) is 12.3. The first kappa shape index (κ1) is 12.8. The Labute approximate surface area is 94.3 Å². The zero-order valence-electron chi connectivity index (χ0n) is 9.74. The average Bonchev–Trinajstić information content (AvgIpc) is 2.72. The van der Waals surface area contributed by atoms with Crippen LogP contribution >= 0.6 is 0 Å². The van der Waals surface area contributed by atoms with E-state index in [0.29, 0.717) is 0 Å². The minimum atomic E-state index is -1.10. The Bertz CT molecular complexity index is 291. The first-order chi connectivity index (χ1) is 7.36. The second kappa shape index (κ2) is 4.69. The molecular weight excluding hydrogens is 212 g/mol. The summed E-state index contributed by atoms with van der Waals surface area (Å²) in [4.78, 5) is 22.2. The predicted octanol–water partition coefficient (Wildman–Crippen LogP) is 0.184. The Morgan fingerprint density at radius 1 is 1.56 bits per heavy atom. The first-order valence-electron chi connectivity index (χ1n) is 5.15. The van der Waals surface area contributed by atoms with Gasteiger partial charge in [0.05, 0.1) is 6.61 Å². The number of hydrogen-bond donors (Lipinski definition) is 3. The number of amides is 2. The van der Waals surface area contributed by atoms with Crippen molar-refractivity contribution in [3.63, 3.8) is 0 Å². The van der Waals surface area contributed by atoms with E-state index in [1.807, 2.05) is 13.8 Å². The Morgan fingerprint density at radius 2 is 2.12 bits per heavy atom. The van der Waals surface area contributed by atoms with Crippen LogP contribution in [-0.2, 0) is 9.53 Å². The molecule has 1 aliphatic rings. The number of ether oxygens (including phenoxy) is 1. The van der Waals surface area contributed by atoms with Crippen molar-refractivity contribution in [1.29, 1.82) is 0 Å². The molecule has 1 aliphatic carbocycles. The number of hydrogen-bond acceptors (Lipinski definition) is 3. The molecular formula is C10H18N2O4. The molecule has 2 atom stereocenters. The van der Waals surface area contributed by atoms with Crippen molar-refractivity contribution in [2.24, 2.45) is 5.41 Å². The number of carboxylic acid groups (broad SMARTS) is 1. The molecule has 2 unspecified atom stereocenters. The Balaban J connectivity index is 2.34. The number of aliphatic carboxylic acids is 1. The van der Waals surface area contributed by atoms with Crippen LogP contribution in [0.25, 0.3) is 0 Å². The van der Waals surface area contributed by atoms with Gasteiger partial charge in [-0.2, -0.15) is 0 Å². The summed E-state index contributed by atoms with van der Waals surface area (Å²) in [6, 6.07) is -1.34. The molecule has 0 saturated heterocycles. The summed E-state index contributed by atoms with van der Waals surface area (Å²) in [5.41, 5.74) is 0.122. The lowest BCUT2D eigenvalue weighted by Gasteiger charge is -2.14. The van der Waals surface area contributed by atoms with Crippen molar-refractivity contribution in [3.8, 4) is 0 Å². The van der Waals surface area contributed by atoms with E-state index in [4.69, 9.17) is 9.84 Å². The third kappa shape index (κ3) is 3.37. The van der Waals surface area contributed by atoms with Gasteiger partial charge < -0.3 is 20.5 Å². The molecule has 0 radical (unpaired) electrons. The average molecular weight is 230 g/mol. The number of carbonyl (C=O) groups is 2. The first-order valence-corrected chi connectivity index (χ1v) is 5.15. The molecule has 0 heterocycles. The highest BCUT2D eigenvalue weighted by atomic mass is 16.5. The molecule has 6 nitrogen and oxygen atoms in total. The van der Waals surface area contributed by atoms with E-state index in [2.05, 4.69) is 10.6 Å². The molecule has 16 heavy (non-hydrogen) atoms. The van der Waals surface area contributed by atoms with E-state index in [0.717, 1.165) is 6.42 Å². The van der Waals surface area contributed by atoms with E-state index < -0.39 is 18.0 Å². The zero-order valence-corrected chi connectivity index (χ0v) is 9.74. The predicted molar refractivity (Wildman–Crippen MR) is 57.2 cm³/mol. The van der Waals surface area contributed by atoms with Crippen LogP contribution in [0.1, 0.15) is 20.3 Å². The van der Waals surface area contributed by atoms with Gasteiger partial charge >= 0.3 is 12.0 Å². The Morgan fingerprint density at radius 3 is 2.50 bits per heavy atom. The van der Waals surface area contributed by atoms with Gasteiger partial charge in [-0.05, 0) is 11.8 Å². The molecule has 1 rings (SSSR count). The van der Waals surface area contributed by atoms with Gasteiger partial charge in [0, 0.05) is 13.2 Å². The minimum Gasteiger partial charge on any atom is -0.480 e.